The molecule has 0 heterocycles. The molecule has 0 unspecified atom stereocenters. The van der Waals surface area contributed by atoms with Crippen molar-refractivity contribution < 1.29 is 13.2 Å². The average molecular weight is 286 g/mol. The molecule has 0 fully saturated rings. The fraction of sp³-hybridized carbons (Fsp3) is 0.538. The van der Waals surface area contributed by atoms with E-state index < -0.39 is 10.0 Å². The summed E-state index contributed by atoms with van der Waals surface area (Å²) in [6, 6.07) is 5.17. The highest BCUT2D eigenvalue weighted by Crippen LogP contribution is 2.20. The number of hydrogen-bond acceptors (Lipinski definition) is 4. The first kappa shape index (κ1) is 16.1. The monoisotopic (exact) mass is 286 g/mol. The summed E-state index contributed by atoms with van der Waals surface area (Å²) < 4.78 is 31.3. The molecule has 0 bridgehead atoms. The number of hydrogen-bond donors (Lipinski definition) is 1. The lowest BCUT2D eigenvalue weighted by molar-refractivity contribution is 0.138. The predicted molar refractivity (Wildman–Crippen MR) is 75.4 cm³/mol. The van der Waals surface area contributed by atoms with Crippen LogP contribution in [0.5, 0.6) is 0 Å². The minimum atomic E-state index is -3.46. The van der Waals surface area contributed by atoms with E-state index >= 15 is 0 Å². The van der Waals surface area contributed by atoms with Gasteiger partial charge in [-0.05, 0) is 31.0 Å². The minimum absolute atomic E-state index is 0.323. The smallest absolute Gasteiger partial charge is 0.243 e. The molecular formula is C13H22N2O3S. The van der Waals surface area contributed by atoms with E-state index in [1.807, 2.05) is 13.0 Å². The molecule has 0 aliphatic rings. The molecule has 1 aromatic carbocycles. The first-order valence-electron chi connectivity index (χ1n) is 6.27. The SMILES string of the molecule is CCOCCN(C)S(=O)(=O)c1ccc(CN)cc1C. The largest absolute Gasteiger partial charge is 0.380 e. The maximum atomic E-state index is 12.4. The summed E-state index contributed by atoms with van der Waals surface area (Å²) in [5.74, 6) is 0. The summed E-state index contributed by atoms with van der Waals surface area (Å²) in [4.78, 5) is 0.323. The van der Waals surface area contributed by atoms with Crippen molar-refractivity contribution in [2.75, 3.05) is 26.8 Å². The van der Waals surface area contributed by atoms with E-state index in [9.17, 15) is 8.42 Å². The summed E-state index contributed by atoms with van der Waals surface area (Å²) >= 11 is 0. The van der Waals surface area contributed by atoms with E-state index in [1.165, 1.54) is 4.31 Å². The number of aryl methyl sites for hydroxylation is 1. The molecule has 0 aromatic heterocycles. The Bertz CT molecular complexity index is 515. The van der Waals surface area contributed by atoms with E-state index in [4.69, 9.17) is 10.5 Å². The van der Waals surface area contributed by atoms with Crippen LogP contribution < -0.4 is 5.73 Å². The molecule has 0 radical (unpaired) electrons. The third-order valence-corrected chi connectivity index (χ3v) is 4.93. The van der Waals surface area contributed by atoms with Crippen LogP contribution in [0.4, 0.5) is 0 Å². The average Bonchev–Trinajstić information content (AvgIpc) is 2.38. The number of benzene rings is 1. The van der Waals surface area contributed by atoms with Crippen molar-refractivity contribution in [3.05, 3.63) is 29.3 Å². The van der Waals surface area contributed by atoms with Gasteiger partial charge in [0, 0.05) is 26.7 Å². The van der Waals surface area contributed by atoms with Crippen LogP contribution in [0.2, 0.25) is 0 Å². The van der Waals surface area contributed by atoms with Crippen LogP contribution in [0.3, 0.4) is 0 Å². The molecule has 5 nitrogen and oxygen atoms in total. The Morgan fingerprint density at radius 2 is 2.05 bits per heavy atom. The van der Waals surface area contributed by atoms with Crippen LogP contribution in [-0.4, -0.2) is 39.5 Å². The van der Waals surface area contributed by atoms with Gasteiger partial charge in [0.1, 0.15) is 0 Å². The van der Waals surface area contributed by atoms with Crippen LogP contribution in [0, 0.1) is 6.92 Å². The van der Waals surface area contributed by atoms with Gasteiger partial charge in [-0.1, -0.05) is 12.1 Å². The number of nitrogens with two attached hydrogens (primary N) is 1. The summed E-state index contributed by atoms with van der Waals surface area (Å²) in [7, 11) is -1.90. The predicted octanol–water partition coefficient (Wildman–Crippen LogP) is 1.11. The molecule has 0 saturated heterocycles. The quantitative estimate of drug-likeness (QED) is 0.762. The number of likely N-dealkylation sites (N-methyl/N-ethyl adjacent to an activating group) is 1. The highest BCUT2D eigenvalue weighted by Gasteiger charge is 2.22. The zero-order chi connectivity index (χ0) is 14.5. The van der Waals surface area contributed by atoms with Crippen LogP contribution in [0.25, 0.3) is 0 Å². The van der Waals surface area contributed by atoms with Gasteiger partial charge in [0.2, 0.25) is 10.0 Å². The zero-order valence-corrected chi connectivity index (χ0v) is 12.5. The molecule has 0 aliphatic heterocycles. The van der Waals surface area contributed by atoms with Gasteiger partial charge in [0.05, 0.1) is 11.5 Å². The van der Waals surface area contributed by atoms with Crippen molar-refractivity contribution >= 4 is 10.0 Å². The van der Waals surface area contributed by atoms with Crippen LogP contribution in [0.1, 0.15) is 18.1 Å². The van der Waals surface area contributed by atoms with Crippen LogP contribution in [0.15, 0.2) is 23.1 Å². The van der Waals surface area contributed by atoms with Gasteiger partial charge < -0.3 is 10.5 Å². The standard InChI is InChI=1S/C13H22N2O3S/c1-4-18-8-7-15(3)19(16,17)13-6-5-12(10-14)9-11(13)2/h5-6,9H,4,7-8,10,14H2,1-3H3. The van der Waals surface area contributed by atoms with Crippen molar-refractivity contribution in [2.24, 2.45) is 5.73 Å². The van der Waals surface area contributed by atoms with Gasteiger partial charge in [0.25, 0.3) is 0 Å². The Balaban J connectivity index is 2.93. The van der Waals surface area contributed by atoms with E-state index in [-0.39, 0.29) is 0 Å². The van der Waals surface area contributed by atoms with Crippen molar-refractivity contribution in [1.29, 1.82) is 0 Å². The minimum Gasteiger partial charge on any atom is -0.380 e. The van der Waals surface area contributed by atoms with Crippen molar-refractivity contribution in [2.45, 2.75) is 25.3 Å². The Hall–Kier alpha value is -0.950. The van der Waals surface area contributed by atoms with Crippen LogP contribution >= 0.6 is 0 Å². The molecular weight excluding hydrogens is 264 g/mol. The molecule has 6 heteroatoms. The van der Waals surface area contributed by atoms with Crippen molar-refractivity contribution in [3.8, 4) is 0 Å². The summed E-state index contributed by atoms with van der Waals surface area (Å²) in [5.41, 5.74) is 7.18. The maximum absolute atomic E-state index is 12.4. The van der Waals surface area contributed by atoms with E-state index in [1.54, 1.807) is 26.1 Å². The van der Waals surface area contributed by atoms with E-state index in [0.717, 1.165) is 5.56 Å². The number of sulfonamides is 1. The van der Waals surface area contributed by atoms with E-state index in [2.05, 4.69) is 0 Å². The molecule has 108 valence electrons. The normalized spacial score (nSPS) is 12.1. The number of ether oxygens (including phenoxy) is 1. The van der Waals surface area contributed by atoms with Gasteiger partial charge in [-0.3, -0.25) is 0 Å². The Morgan fingerprint density at radius 1 is 1.37 bits per heavy atom. The van der Waals surface area contributed by atoms with Gasteiger partial charge >= 0.3 is 0 Å². The number of rotatable bonds is 7. The second-order valence-electron chi connectivity index (χ2n) is 4.33. The summed E-state index contributed by atoms with van der Waals surface area (Å²) in [5, 5.41) is 0. The Labute approximate surface area is 115 Å². The highest BCUT2D eigenvalue weighted by atomic mass is 32.2. The fourth-order valence-electron chi connectivity index (χ4n) is 1.75. The molecule has 19 heavy (non-hydrogen) atoms. The van der Waals surface area contributed by atoms with Crippen molar-refractivity contribution in [1.82, 2.24) is 4.31 Å². The molecule has 1 aromatic rings. The Morgan fingerprint density at radius 3 is 2.58 bits per heavy atom. The van der Waals surface area contributed by atoms with Gasteiger partial charge in [-0.2, -0.15) is 4.31 Å². The molecule has 0 atom stereocenters. The molecule has 0 spiro atoms. The lowest BCUT2D eigenvalue weighted by Gasteiger charge is -2.18. The molecule has 0 saturated carbocycles. The summed E-state index contributed by atoms with van der Waals surface area (Å²) in [6.07, 6.45) is 0. The lowest BCUT2D eigenvalue weighted by Crippen LogP contribution is -2.30. The third-order valence-electron chi connectivity index (χ3n) is 2.92. The lowest BCUT2D eigenvalue weighted by atomic mass is 10.1. The van der Waals surface area contributed by atoms with Gasteiger partial charge in [-0.25, -0.2) is 8.42 Å². The summed E-state index contributed by atoms with van der Waals surface area (Å²) in [6.45, 7) is 5.38. The molecule has 0 aliphatic carbocycles. The van der Waals surface area contributed by atoms with Crippen LogP contribution in [-0.2, 0) is 21.3 Å². The Kier molecular flexibility index (Phi) is 5.93. The van der Waals surface area contributed by atoms with Crippen molar-refractivity contribution in [3.63, 3.8) is 0 Å². The number of nitrogens with zero attached hydrogens (tertiary/aromatic N) is 1. The fourth-order valence-corrected chi connectivity index (χ4v) is 3.11. The van der Waals surface area contributed by atoms with Gasteiger partial charge in [0.15, 0.2) is 0 Å². The van der Waals surface area contributed by atoms with Gasteiger partial charge in [-0.15, -0.1) is 0 Å². The first-order valence-corrected chi connectivity index (χ1v) is 7.71. The molecule has 0 amide bonds. The van der Waals surface area contributed by atoms with E-state index in [0.29, 0.717) is 36.8 Å². The highest BCUT2D eigenvalue weighted by molar-refractivity contribution is 7.89. The molecule has 2 N–H and O–H groups in total. The second-order valence-corrected chi connectivity index (χ2v) is 6.34. The maximum Gasteiger partial charge on any atom is 0.243 e. The second kappa shape index (κ2) is 7.00. The third kappa shape index (κ3) is 4.01. The zero-order valence-electron chi connectivity index (χ0n) is 11.7. The topological polar surface area (TPSA) is 72.6 Å². The first-order chi connectivity index (χ1) is 8.93. The molecule has 1 rings (SSSR count).